The summed E-state index contributed by atoms with van der Waals surface area (Å²) in [6.07, 6.45) is 1.90. The summed E-state index contributed by atoms with van der Waals surface area (Å²) in [5.41, 5.74) is 0.861. The number of nitrogens with zero attached hydrogens (tertiary/aromatic N) is 3. The number of fused-ring (bicyclic) bond motifs is 1. The second-order valence-corrected chi connectivity index (χ2v) is 3.75. The largest absolute Gasteiger partial charge is 0.238 e. The minimum Gasteiger partial charge on any atom is -0.238 e. The minimum absolute atomic E-state index is 0.497. The van der Waals surface area contributed by atoms with Crippen LogP contribution in [0.5, 0.6) is 0 Å². The highest BCUT2D eigenvalue weighted by Crippen LogP contribution is 2.03. The van der Waals surface area contributed by atoms with E-state index in [2.05, 4.69) is 10.1 Å². The molecule has 0 radical (unpaired) electrons. The summed E-state index contributed by atoms with van der Waals surface area (Å²) in [4.78, 5) is 4.26. The number of rotatable bonds is 0. The van der Waals surface area contributed by atoms with Gasteiger partial charge in [-0.3, -0.25) is 0 Å². The van der Waals surface area contributed by atoms with Crippen LogP contribution in [0.25, 0.3) is 5.65 Å². The summed E-state index contributed by atoms with van der Waals surface area (Å²) in [7, 11) is 0.945. The van der Waals surface area contributed by atoms with Crippen LogP contribution in [0.15, 0.2) is 18.3 Å². The number of halogens is 1. The van der Waals surface area contributed by atoms with Gasteiger partial charge in [0.05, 0.1) is 10.2 Å². The molecule has 0 N–H and O–H groups in total. The molecule has 0 unspecified atom stereocenters. The lowest BCUT2D eigenvalue weighted by atomic mass is 10.6. The van der Waals surface area contributed by atoms with Crippen LogP contribution < -0.4 is 5.32 Å². The van der Waals surface area contributed by atoms with E-state index in [0.717, 1.165) is 21.2 Å². The van der Waals surface area contributed by atoms with Crippen LogP contribution >= 0.6 is 11.6 Å². The molecule has 2 aromatic heterocycles. The van der Waals surface area contributed by atoms with Gasteiger partial charge in [0.15, 0.2) is 5.65 Å². The van der Waals surface area contributed by atoms with Gasteiger partial charge in [-0.1, -0.05) is 11.6 Å². The average molecular weight is 184 g/mol. The van der Waals surface area contributed by atoms with E-state index in [1.165, 1.54) is 0 Å². The standard InChI is InChI=1S/C6H6ClN3Si/c7-4-1-2-5-8-6(11)3-10(5)9-4/h1-3H,11H3. The van der Waals surface area contributed by atoms with Crippen molar-refractivity contribution in [2.24, 2.45) is 0 Å². The Kier molecular flexibility index (Phi) is 1.44. The predicted octanol–water partition coefficient (Wildman–Crippen LogP) is -0.627. The average Bonchev–Trinajstić information content (AvgIpc) is 2.27. The third kappa shape index (κ3) is 1.14. The molecule has 0 saturated heterocycles. The van der Waals surface area contributed by atoms with Gasteiger partial charge < -0.3 is 0 Å². The molecule has 0 aliphatic carbocycles. The van der Waals surface area contributed by atoms with Crippen LogP contribution in [0, 0.1) is 0 Å². The highest BCUT2D eigenvalue weighted by molar-refractivity contribution is 6.31. The van der Waals surface area contributed by atoms with E-state index in [4.69, 9.17) is 11.6 Å². The molecule has 0 aliphatic heterocycles. The van der Waals surface area contributed by atoms with Crippen LogP contribution in [0.1, 0.15) is 0 Å². The summed E-state index contributed by atoms with van der Waals surface area (Å²) in [6.45, 7) is 0. The lowest BCUT2D eigenvalue weighted by Gasteiger charge is -1.90. The number of aromatic nitrogens is 3. The Bertz CT molecular complexity index is 398. The second-order valence-electron chi connectivity index (χ2n) is 2.34. The molecule has 0 aliphatic rings. The fourth-order valence-corrected chi connectivity index (χ4v) is 1.60. The highest BCUT2D eigenvalue weighted by atomic mass is 35.5. The quantitative estimate of drug-likeness (QED) is 0.510. The lowest BCUT2D eigenvalue weighted by molar-refractivity contribution is 0.937. The number of hydrogen-bond donors (Lipinski definition) is 0. The van der Waals surface area contributed by atoms with E-state index in [0.29, 0.717) is 5.15 Å². The van der Waals surface area contributed by atoms with E-state index in [1.807, 2.05) is 12.3 Å². The zero-order chi connectivity index (χ0) is 7.84. The molecule has 0 aromatic carbocycles. The summed E-state index contributed by atoms with van der Waals surface area (Å²) in [6, 6.07) is 3.60. The predicted molar refractivity (Wildman–Crippen MR) is 47.6 cm³/mol. The van der Waals surface area contributed by atoms with Crippen LogP contribution in [-0.4, -0.2) is 24.8 Å². The highest BCUT2D eigenvalue weighted by Gasteiger charge is 1.97. The van der Waals surface area contributed by atoms with Gasteiger partial charge in [0.25, 0.3) is 0 Å². The zero-order valence-corrected chi connectivity index (χ0v) is 8.71. The van der Waals surface area contributed by atoms with Gasteiger partial charge >= 0.3 is 0 Å². The molecule has 11 heavy (non-hydrogen) atoms. The fourth-order valence-electron chi connectivity index (χ4n) is 0.977. The first kappa shape index (κ1) is 6.81. The Morgan fingerprint density at radius 3 is 3.09 bits per heavy atom. The summed E-state index contributed by atoms with van der Waals surface area (Å²) in [5, 5.41) is 5.62. The topological polar surface area (TPSA) is 30.2 Å². The third-order valence-corrected chi connectivity index (χ3v) is 2.09. The first-order valence-electron chi connectivity index (χ1n) is 3.24. The van der Waals surface area contributed by atoms with Crippen molar-refractivity contribution in [3.05, 3.63) is 23.5 Å². The van der Waals surface area contributed by atoms with Crippen molar-refractivity contribution in [1.29, 1.82) is 0 Å². The molecule has 56 valence electrons. The molecule has 0 fully saturated rings. The minimum atomic E-state index is 0.497. The van der Waals surface area contributed by atoms with E-state index in [-0.39, 0.29) is 0 Å². The van der Waals surface area contributed by atoms with Gasteiger partial charge in [-0.05, 0) is 12.1 Å². The van der Waals surface area contributed by atoms with Gasteiger partial charge in [-0.15, -0.1) is 0 Å². The number of imidazole rings is 1. The molecule has 2 heterocycles. The van der Waals surface area contributed by atoms with Crippen molar-refractivity contribution in [2.75, 3.05) is 0 Å². The zero-order valence-electron chi connectivity index (χ0n) is 5.95. The van der Waals surface area contributed by atoms with Crippen molar-refractivity contribution in [1.82, 2.24) is 14.6 Å². The van der Waals surface area contributed by atoms with E-state index < -0.39 is 0 Å². The summed E-state index contributed by atoms with van der Waals surface area (Å²) in [5.74, 6) is 0. The molecule has 0 amide bonds. The normalized spacial score (nSPS) is 11.0. The maximum Gasteiger partial charge on any atom is 0.153 e. The van der Waals surface area contributed by atoms with Gasteiger partial charge in [-0.2, -0.15) is 5.10 Å². The summed E-state index contributed by atoms with van der Waals surface area (Å²) < 4.78 is 1.70. The van der Waals surface area contributed by atoms with Crippen LogP contribution in [0.4, 0.5) is 0 Å². The summed E-state index contributed by atoms with van der Waals surface area (Å²) >= 11 is 5.68. The Morgan fingerprint density at radius 2 is 2.27 bits per heavy atom. The van der Waals surface area contributed by atoms with Crippen molar-refractivity contribution in [2.45, 2.75) is 0 Å². The molecule has 2 aromatic rings. The number of hydrogen-bond acceptors (Lipinski definition) is 2. The monoisotopic (exact) mass is 183 g/mol. The smallest absolute Gasteiger partial charge is 0.153 e. The maximum absolute atomic E-state index is 5.68. The van der Waals surface area contributed by atoms with E-state index in [9.17, 15) is 0 Å². The molecule has 5 heteroatoms. The molecular weight excluding hydrogens is 178 g/mol. The Balaban J connectivity index is 2.82. The Morgan fingerprint density at radius 1 is 1.45 bits per heavy atom. The molecule has 2 rings (SSSR count). The van der Waals surface area contributed by atoms with E-state index in [1.54, 1.807) is 10.6 Å². The SMILES string of the molecule is [SiH3]c1cn2nc(Cl)ccc2n1. The van der Waals surface area contributed by atoms with Crippen LogP contribution in [0.2, 0.25) is 5.15 Å². The third-order valence-electron chi connectivity index (χ3n) is 1.41. The molecule has 3 nitrogen and oxygen atoms in total. The first-order valence-corrected chi connectivity index (χ1v) is 4.62. The van der Waals surface area contributed by atoms with Gasteiger partial charge in [0.2, 0.25) is 0 Å². The Hall–Kier alpha value is -0.873. The second kappa shape index (κ2) is 2.32. The molecular formula is C6H6ClN3Si. The fraction of sp³-hybridized carbons (Fsp3) is 0. The molecule has 0 atom stereocenters. The van der Waals surface area contributed by atoms with Crippen molar-refractivity contribution >= 4 is 32.8 Å². The van der Waals surface area contributed by atoms with Crippen LogP contribution in [-0.2, 0) is 0 Å². The van der Waals surface area contributed by atoms with Gasteiger partial charge in [-0.25, -0.2) is 9.50 Å². The Labute approximate surface area is 71.4 Å². The van der Waals surface area contributed by atoms with E-state index >= 15 is 0 Å². The molecule has 0 saturated carbocycles. The van der Waals surface area contributed by atoms with Crippen molar-refractivity contribution in [3.8, 4) is 0 Å². The van der Waals surface area contributed by atoms with Gasteiger partial charge in [0.1, 0.15) is 5.15 Å². The first-order chi connectivity index (χ1) is 5.25. The van der Waals surface area contributed by atoms with Crippen LogP contribution in [0.3, 0.4) is 0 Å². The molecule has 0 bridgehead atoms. The molecule has 0 spiro atoms. The van der Waals surface area contributed by atoms with Crippen molar-refractivity contribution < 1.29 is 0 Å². The lowest BCUT2D eigenvalue weighted by Crippen LogP contribution is -2.00. The van der Waals surface area contributed by atoms with Crippen molar-refractivity contribution in [3.63, 3.8) is 0 Å². The van der Waals surface area contributed by atoms with Gasteiger partial charge in [0, 0.05) is 11.5 Å². The maximum atomic E-state index is 5.68.